The van der Waals surface area contributed by atoms with Gasteiger partial charge in [-0.3, -0.25) is 9.59 Å². The third kappa shape index (κ3) is 6.00. The van der Waals surface area contributed by atoms with Crippen LogP contribution in [-0.4, -0.2) is 29.2 Å². The van der Waals surface area contributed by atoms with Crippen LogP contribution in [0.5, 0.6) is 0 Å². The molecular weight excluding hydrogens is 450 g/mol. The molecular formula is C22H22BrN3O4. The molecule has 2 aromatic carbocycles. The van der Waals surface area contributed by atoms with Crippen molar-refractivity contribution in [3.8, 4) is 11.5 Å². The molecule has 0 aliphatic rings. The van der Waals surface area contributed by atoms with Crippen molar-refractivity contribution < 1.29 is 18.7 Å². The van der Waals surface area contributed by atoms with E-state index in [4.69, 9.17) is 9.15 Å². The lowest BCUT2D eigenvalue weighted by Crippen LogP contribution is -2.30. The van der Waals surface area contributed by atoms with E-state index >= 15 is 0 Å². The molecule has 0 aliphatic carbocycles. The minimum Gasteiger partial charge on any atom is -0.469 e. The van der Waals surface area contributed by atoms with E-state index in [1.54, 1.807) is 0 Å². The van der Waals surface area contributed by atoms with Gasteiger partial charge in [-0.15, -0.1) is 10.2 Å². The summed E-state index contributed by atoms with van der Waals surface area (Å²) < 4.78 is 11.3. The van der Waals surface area contributed by atoms with Gasteiger partial charge in [-0.05, 0) is 36.8 Å². The van der Waals surface area contributed by atoms with E-state index in [0.29, 0.717) is 18.2 Å². The van der Waals surface area contributed by atoms with Gasteiger partial charge >= 0.3 is 5.97 Å². The molecule has 1 atom stereocenters. The van der Waals surface area contributed by atoms with Crippen molar-refractivity contribution in [3.63, 3.8) is 0 Å². The number of nitrogens with zero attached hydrogens (tertiary/aromatic N) is 2. The zero-order chi connectivity index (χ0) is 21.5. The molecule has 3 rings (SSSR count). The van der Waals surface area contributed by atoms with E-state index in [1.165, 1.54) is 7.11 Å². The van der Waals surface area contributed by atoms with Crippen LogP contribution in [0, 0.1) is 6.92 Å². The first-order valence-corrected chi connectivity index (χ1v) is 10.2. The van der Waals surface area contributed by atoms with Crippen molar-refractivity contribution in [2.45, 2.75) is 32.2 Å². The van der Waals surface area contributed by atoms with Crippen molar-refractivity contribution in [1.82, 2.24) is 15.5 Å². The lowest BCUT2D eigenvalue weighted by Gasteiger charge is -2.18. The average Bonchev–Trinajstić information content (AvgIpc) is 3.22. The molecule has 1 unspecified atom stereocenters. The van der Waals surface area contributed by atoms with Crippen molar-refractivity contribution >= 4 is 27.8 Å². The third-order valence-corrected chi connectivity index (χ3v) is 5.07. The van der Waals surface area contributed by atoms with E-state index in [0.717, 1.165) is 21.2 Å². The Balaban J connectivity index is 1.60. The number of carbonyl (C=O) groups is 2. The molecule has 0 bridgehead atoms. The summed E-state index contributed by atoms with van der Waals surface area (Å²) in [7, 11) is 1.32. The van der Waals surface area contributed by atoms with Crippen LogP contribution in [0.4, 0.5) is 0 Å². The molecule has 1 aromatic heterocycles. The van der Waals surface area contributed by atoms with Crippen molar-refractivity contribution in [1.29, 1.82) is 0 Å². The number of methoxy groups -OCH3 is 1. The largest absolute Gasteiger partial charge is 0.469 e. The highest BCUT2D eigenvalue weighted by atomic mass is 79.9. The van der Waals surface area contributed by atoms with Gasteiger partial charge in [0.15, 0.2) is 0 Å². The molecule has 3 aromatic rings. The molecule has 0 aliphatic heterocycles. The quantitative estimate of drug-likeness (QED) is 0.495. The van der Waals surface area contributed by atoms with Gasteiger partial charge in [0.2, 0.25) is 17.7 Å². The average molecular weight is 472 g/mol. The number of ether oxygens (including phenoxy) is 1. The maximum atomic E-state index is 12.5. The SMILES string of the molecule is COC(=O)CC(NC(=O)CCc1nnc(-c2ccc(C)cc2)o1)c1ccc(Br)cc1. The van der Waals surface area contributed by atoms with Gasteiger partial charge in [0.05, 0.1) is 19.6 Å². The number of carbonyl (C=O) groups excluding carboxylic acids is 2. The van der Waals surface area contributed by atoms with Gasteiger partial charge in [0.1, 0.15) is 0 Å². The third-order valence-electron chi connectivity index (χ3n) is 4.54. The second-order valence-electron chi connectivity index (χ2n) is 6.82. The highest BCUT2D eigenvalue weighted by Crippen LogP contribution is 2.21. The number of hydrogen-bond acceptors (Lipinski definition) is 6. The van der Waals surface area contributed by atoms with E-state index < -0.39 is 12.0 Å². The fourth-order valence-electron chi connectivity index (χ4n) is 2.85. The van der Waals surface area contributed by atoms with Crippen LogP contribution in [0.2, 0.25) is 0 Å². The Labute approximate surface area is 183 Å². The summed E-state index contributed by atoms with van der Waals surface area (Å²) in [5.74, 6) is 0.183. The number of halogens is 1. The molecule has 0 radical (unpaired) electrons. The molecule has 7 nitrogen and oxygen atoms in total. The summed E-state index contributed by atoms with van der Waals surface area (Å²) in [6.45, 7) is 2.00. The molecule has 0 saturated carbocycles. The molecule has 0 fully saturated rings. The van der Waals surface area contributed by atoms with Crippen LogP contribution in [0.1, 0.15) is 35.9 Å². The molecule has 0 saturated heterocycles. The van der Waals surface area contributed by atoms with Gasteiger partial charge in [-0.2, -0.15) is 0 Å². The highest BCUT2D eigenvalue weighted by Gasteiger charge is 2.19. The molecule has 1 heterocycles. The van der Waals surface area contributed by atoms with Crippen LogP contribution >= 0.6 is 15.9 Å². The van der Waals surface area contributed by atoms with E-state index in [9.17, 15) is 9.59 Å². The number of hydrogen-bond donors (Lipinski definition) is 1. The second-order valence-corrected chi connectivity index (χ2v) is 7.73. The fourth-order valence-corrected chi connectivity index (χ4v) is 3.12. The lowest BCUT2D eigenvalue weighted by atomic mass is 10.0. The number of rotatable bonds is 8. The molecule has 8 heteroatoms. The summed E-state index contributed by atoms with van der Waals surface area (Å²) in [6, 6.07) is 14.7. The molecule has 1 N–H and O–H groups in total. The number of nitrogens with one attached hydrogen (secondary N) is 1. The maximum Gasteiger partial charge on any atom is 0.307 e. The van der Waals surface area contributed by atoms with Crippen molar-refractivity contribution in [3.05, 3.63) is 70.0 Å². The monoisotopic (exact) mass is 471 g/mol. The zero-order valence-electron chi connectivity index (χ0n) is 16.7. The Morgan fingerprint density at radius 2 is 1.80 bits per heavy atom. The minimum atomic E-state index is -0.483. The normalized spacial score (nSPS) is 11.7. The van der Waals surface area contributed by atoms with Crippen molar-refractivity contribution in [2.24, 2.45) is 0 Å². The first-order valence-electron chi connectivity index (χ1n) is 9.45. The summed E-state index contributed by atoms with van der Waals surface area (Å²) in [5.41, 5.74) is 2.79. The molecule has 30 heavy (non-hydrogen) atoms. The Morgan fingerprint density at radius 3 is 2.47 bits per heavy atom. The van der Waals surface area contributed by atoms with E-state index in [-0.39, 0.29) is 18.7 Å². The Morgan fingerprint density at radius 1 is 1.10 bits per heavy atom. The second kappa shape index (κ2) is 10.2. The number of esters is 1. The van der Waals surface area contributed by atoms with Crippen molar-refractivity contribution in [2.75, 3.05) is 7.11 Å². The predicted molar refractivity (Wildman–Crippen MR) is 114 cm³/mol. The Kier molecular flexibility index (Phi) is 7.35. The maximum absolute atomic E-state index is 12.5. The summed E-state index contributed by atoms with van der Waals surface area (Å²) >= 11 is 3.38. The van der Waals surface area contributed by atoms with E-state index in [1.807, 2.05) is 55.5 Å². The lowest BCUT2D eigenvalue weighted by molar-refractivity contribution is -0.141. The van der Waals surface area contributed by atoms with E-state index in [2.05, 4.69) is 31.4 Å². The van der Waals surface area contributed by atoms with Gasteiger partial charge in [0, 0.05) is 22.9 Å². The summed E-state index contributed by atoms with van der Waals surface area (Å²) in [5, 5.41) is 11.0. The predicted octanol–water partition coefficient (Wildman–Crippen LogP) is 4.16. The standard InChI is InChI=1S/C22H22BrN3O4/c1-14-3-5-16(6-4-14)22-26-25-20(30-22)12-11-19(27)24-18(13-21(28)29-2)15-7-9-17(23)10-8-15/h3-10,18H,11-13H2,1-2H3,(H,24,27). The van der Waals surface area contributed by atoms with Gasteiger partial charge in [-0.25, -0.2) is 0 Å². The Hall–Kier alpha value is -3.00. The highest BCUT2D eigenvalue weighted by molar-refractivity contribution is 9.10. The minimum absolute atomic E-state index is 0.0437. The van der Waals surface area contributed by atoms with Crippen LogP contribution in [0.25, 0.3) is 11.5 Å². The topological polar surface area (TPSA) is 94.3 Å². The van der Waals surface area contributed by atoms with Crippen LogP contribution in [0.15, 0.2) is 57.4 Å². The number of amides is 1. The fraction of sp³-hybridized carbons (Fsp3) is 0.273. The zero-order valence-corrected chi connectivity index (χ0v) is 18.3. The smallest absolute Gasteiger partial charge is 0.307 e. The molecule has 156 valence electrons. The van der Waals surface area contributed by atoms with Crippen LogP contribution in [-0.2, 0) is 20.7 Å². The summed E-state index contributed by atoms with van der Waals surface area (Å²) in [4.78, 5) is 24.3. The van der Waals surface area contributed by atoms with Gasteiger partial charge < -0.3 is 14.5 Å². The first-order chi connectivity index (χ1) is 14.4. The molecule has 0 spiro atoms. The summed E-state index contributed by atoms with van der Waals surface area (Å²) in [6.07, 6.45) is 0.502. The Bertz CT molecular complexity index is 1000. The van der Waals surface area contributed by atoms with Gasteiger partial charge in [0.25, 0.3) is 0 Å². The van der Waals surface area contributed by atoms with Crippen LogP contribution < -0.4 is 5.32 Å². The number of aromatic nitrogens is 2. The van der Waals surface area contributed by atoms with Gasteiger partial charge in [-0.1, -0.05) is 45.8 Å². The van der Waals surface area contributed by atoms with Crippen LogP contribution in [0.3, 0.4) is 0 Å². The first kappa shape index (κ1) is 21.7. The number of benzene rings is 2. The number of aryl methyl sites for hydroxylation is 2. The molecule has 1 amide bonds.